The van der Waals surface area contributed by atoms with Gasteiger partial charge in [0.25, 0.3) is 0 Å². The number of carbonyl (C=O) groups excluding carboxylic acids is 1. The zero-order valence-corrected chi connectivity index (χ0v) is 10.8. The van der Waals surface area contributed by atoms with Crippen molar-refractivity contribution in [1.82, 2.24) is 5.32 Å². The summed E-state index contributed by atoms with van der Waals surface area (Å²) in [5.74, 6) is -1.00. The summed E-state index contributed by atoms with van der Waals surface area (Å²) in [4.78, 5) is 23.6. The van der Waals surface area contributed by atoms with Crippen molar-refractivity contribution in [3.63, 3.8) is 0 Å². The Bertz CT molecular complexity index is 405. The summed E-state index contributed by atoms with van der Waals surface area (Å²) < 4.78 is 5.18. The molecule has 0 aromatic heterocycles. The minimum absolute atomic E-state index is 0.210. The van der Waals surface area contributed by atoms with Gasteiger partial charge in [0.1, 0.15) is 5.54 Å². The average Bonchev–Trinajstić information content (AvgIpc) is 3.04. The molecule has 0 radical (unpaired) electrons. The number of carbonyl (C=O) groups is 2. The number of ether oxygens (including phenoxy) is 1. The van der Waals surface area contributed by atoms with E-state index in [4.69, 9.17) is 10.5 Å². The van der Waals surface area contributed by atoms with Gasteiger partial charge in [-0.05, 0) is 37.5 Å². The van der Waals surface area contributed by atoms with Crippen molar-refractivity contribution < 1.29 is 19.4 Å². The number of amides is 1. The van der Waals surface area contributed by atoms with E-state index in [9.17, 15) is 14.7 Å². The molecule has 0 aromatic carbocycles. The highest BCUT2D eigenvalue weighted by Crippen LogP contribution is 2.48. The van der Waals surface area contributed by atoms with Crippen molar-refractivity contribution in [1.29, 1.82) is 0 Å². The van der Waals surface area contributed by atoms with E-state index in [1.807, 2.05) is 0 Å². The Labute approximate surface area is 111 Å². The van der Waals surface area contributed by atoms with Crippen LogP contribution in [0.15, 0.2) is 0 Å². The first-order valence-electron chi connectivity index (χ1n) is 6.92. The molecular weight excluding hydrogens is 248 g/mol. The number of nitrogens with one attached hydrogen (secondary N) is 1. The molecule has 4 N–H and O–H groups in total. The van der Waals surface area contributed by atoms with Crippen LogP contribution in [0.3, 0.4) is 0 Å². The molecule has 2 saturated carbocycles. The van der Waals surface area contributed by atoms with Crippen LogP contribution < -0.4 is 11.1 Å². The van der Waals surface area contributed by atoms with Crippen LogP contribution in [-0.2, 0) is 14.3 Å². The zero-order chi connectivity index (χ0) is 13.6. The molecule has 6 nitrogen and oxygen atoms in total. The van der Waals surface area contributed by atoms with Crippen molar-refractivity contribution in [2.75, 3.05) is 13.2 Å². The number of hydrogen-bond acceptors (Lipinski definition) is 4. The van der Waals surface area contributed by atoms with Crippen LogP contribution in [0.2, 0.25) is 0 Å². The molecule has 1 saturated heterocycles. The molecule has 1 heterocycles. The Morgan fingerprint density at radius 3 is 2.68 bits per heavy atom. The van der Waals surface area contributed by atoms with E-state index in [0.717, 1.165) is 19.3 Å². The Balaban J connectivity index is 1.72. The maximum absolute atomic E-state index is 12.3. The smallest absolute Gasteiger partial charge is 0.308 e. The Kier molecular flexibility index (Phi) is 3.02. The van der Waals surface area contributed by atoms with Crippen LogP contribution >= 0.6 is 0 Å². The SMILES string of the molecule is NC1(C(=O)NC2C3CCC(C3)C2C(=O)O)CCOC1. The molecule has 3 rings (SSSR count). The quantitative estimate of drug-likeness (QED) is 0.653. The zero-order valence-electron chi connectivity index (χ0n) is 10.8. The van der Waals surface area contributed by atoms with Gasteiger partial charge in [-0.15, -0.1) is 0 Å². The molecule has 106 valence electrons. The lowest BCUT2D eigenvalue weighted by molar-refractivity contribution is -0.145. The first-order valence-corrected chi connectivity index (χ1v) is 6.92. The number of rotatable bonds is 3. The van der Waals surface area contributed by atoms with E-state index in [-0.39, 0.29) is 24.5 Å². The van der Waals surface area contributed by atoms with Crippen LogP contribution in [0.25, 0.3) is 0 Å². The monoisotopic (exact) mass is 268 g/mol. The van der Waals surface area contributed by atoms with Gasteiger partial charge in [-0.25, -0.2) is 0 Å². The van der Waals surface area contributed by atoms with Crippen molar-refractivity contribution in [2.24, 2.45) is 23.5 Å². The van der Waals surface area contributed by atoms with Crippen molar-refractivity contribution in [2.45, 2.75) is 37.3 Å². The topological polar surface area (TPSA) is 102 Å². The maximum atomic E-state index is 12.3. The highest BCUT2D eigenvalue weighted by Gasteiger charge is 2.53. The Morgan fingerprint density at radius 1 is 1.32 bits per heavy atom. The minimum atomic E-state index is -0.981. The summed E-state index contributed by atoms with van der Waals surface area (Å²) >= 11 is 0. The number of fused-ring (bicyclic) bond motifs is 2. The van der Waals surface area contributed by atoms with Gasteiger partial charge in [0, 0.05) is 12.6 Å². The minimum Gasteiger partial charge on any atom is -0.481 e. The van der Waals surface area contributed by atoms with Crippen molar-refractivity contribution in [3.05, 3.63) is 0 Å². The third kappa shape index (κ3) is 2.03. The van der Waals surface area contributed by atoms with E-state index < -0.39 is 17.4 Å². The van der Waals surface area contributed by atoms with Crippen LogP contribution in [0, 0.1) is 17.8 Å². The second-order valence-corrected chi connectivity index (χ2v) is 6.16. The van der Waals surface area contributed by atoms with Crippen molar-refractivity contribution >= 4 is 11.9 Å². The lowest BCUT2D eigenvalue weighted by Gasteiger charge is -2.31. The Morgan fingerprint density at radius 2 is 2.05 bits per heavy atom. The summed E-state index contributed by atoms with van der Waals surface area (Å²) in [7, 11) is 0. The summed E-state index contributed by atoms with van der Waals surface area (Å²) in [6.07, 6.45) is 3.38. The highest BCUT2D eigenvalue weighted by molar-refractivity contribution is 5.87. The molecule has 6 heteroatoms. The fourth-order valence-electron chi connectivity index (χ4n) is 3.91. The van der Waals surface area contributed by atoms with Gasteiger partial charge in [0.2, 0.25) is 5.91 Å². The molecule has 0 spiro atoms. The van der Waals surface area contributed by atoms with E-state index >= 15 is 0 Å². The molecular formula is C13H20N2O4. The second kappa shape index (κ2) is 4.45. The average molecular weight is 268 g/mol. The predicted molar refractivity (Wildman–Crippen MR) is 66.2 cm³/mol. The van der Waals surface area contributed by atoms with Gasteiger partial charge in [0.05, 0.1) is 12.5 Å². The normalized spacial score (nSPS) is 44.5. The largest absolute Gasteiger partial charge is 0.481 e. The van der Waals surface area contributed by atoms with E-state index in [0.29, 0.717) is 18.9 Å². The molecule has 2 bridgehead atoms. The molecule has 1 aliphatic heterocycles. The van der Waals surface area contributed by atoms with Gasteiger partial charge in [-0.1, -0.05) is 0 Å². The third-order valence-corrected chi connectivity index (χ3v) is 5.00. The first kappa shape index (κ1) is 12.9. The molecule has 5 unspecified atom stereocenters. The molecule has 0 aromatic rings. The van der Waals surface area contributed by atoms with Gasteiger partial charge < -0.3 is 20.9 Å². The molecule has 2 aliphatic carbocycles. The maximum Gasteiger partial charge on any atom is 0.308 e. The first-order chi connectivity index (χ1) is 9.01. The van der Waals surface area contributed by atoms with Gasteiger partial charge >= 0.3 is 5.97 Å². The van der Waals surface area contributed by atoms with E-state index in [1.165, 1.54) is 0 Å². The van der Waals surface area contributed by atoms with Gasteiger partial charge in [-0.2, -0.15) is 0 Å². The van der Waals surface area contributed by atoms with E-state index in [2.05, 4.69) is 5.32 Å². The van der Waals surface area contributed by atoms with E-state index in [1.54, 1.807) is 0 Å². The standard InChI is InChI=1S/C13H20N2O4/c14-13(3-4-19-6-13)12(18)15-10-8-2-1-7(5-8)9(10)11(16)17/h7-10H,1-6,14H2,(H,15,18)(H,16,17). The highest BCUT2D eigenvalue weighted by atomic mass is 16.5. The van der Waals surface area contributed by atoms with Crippen LogP contribution in [0.4, 0.5) is 0 Å². The fraction of sp³-hybridized carbons (Fsp3) is 0.846. The number of carboxylic acid groups (broad SMARTS) is 1. The summed E-state index contributed by atoms with van der Waals surface area (Å²) in [6, 6.07) is -0.259. The number of hydrogen-bond donors (Lipinski definition) is 3. The summed E-state index contributed by atoms with van der Waals surface area (Å²) in [5.41, 5.74) is 5.03. The van der Waals surface area contributed by atoms with Crippen LogP contribution in [0.5, 0.6) is 0 Å². The molecule has 19 heavy (non-hydrogen) atoms. The van der Waals surface area contributed by atoms with Crippen molar-refractivity contribution in [3.8, 4) is 0 Å². The number of aliphatic carboxylic acids is 1. The summed E-state index contributed by atoms with van der Waals surface area (Å²) in [5, 5.41) is 12.2. The second-order valence-electron chi connectivity index (χ2n) is 6.16. The van der Waals surface area contributed by atoms with Crippen LogP contribution in [-0.4, -0.2) is 41.8 Å². The predicted octanol–water partition coefficient (Wildman–Crippen LogP) is -0.280. The van der Waals surface area contributed by atoms with Gasteiger partial charge in [0.15, 0.2) is 0 Å². The fourth-order valence-corrected chi connectivity index (χ4v) is 3.91. The number of nitrogens with two attached hydrogens (primary N) is 1. The molecule has 5 atom stereocenters. The van der Waals surface area contributed by atoms with Crippen LogP contribution in [0.1, 0.15) is 25.7 Å². The van der Waals surface area contributed by atoms with Gasteiger partial charge in [-0.3, -0.25) is 9.59 Å². The summed E-state index contributed by atoms with van der Waals surface area (Å²) in [6.45, 7) is 0.709. The molecule has 1 amide bonds. The lowest BCUT2D eigenvalue weighted by atomic mass is 9.84. The Hall–Kier alpha value is -1.14. The molecule has 3 aliphatic rings. The third-order valence-electron chi connectivity index (χ3n) is 5.00. The number of carboxylic acids is 1. The lowest BCUT2D eigenvalue weighted by Crippen LogP contribution is -2.59. The molecule has 3 fully saturated rings.